The van der Waals surface area contributed by atoms with Crippen molar-refractivity contribution in [3.05, 3.63) is 12.1 Å². The van der Waals surface area contributed by atoms with Crippen LogP contribution in [0.2, 0.25) is 0 Å². The highest BCUT2D eigenvalue weighted by Crippen LogP contribution is 2.38. The van der Waals surface area contributed by atoms with Gasteiger partial charge in [0.25, 0.3) is 0 Å². The Morgan fingerprint density at radius 1 is 1.16 bits per heavy atom. The van der Waals surface area contributed by atoms with Gasteiger partial charge in [-0.2, -0.15) is 0 Å². The summed E-state index contributed by atoms with van der Waals surface area (Å²) in [4.78, 5) is 2.12. The summed E-state index contributed by atoms with van der Waals surface area (Å²) in [5, 5.41) is 8.76. The lowest BCUT2D eigenvalue weighted by Gasteiger charge is -2.25. The standard InChI is InChI=1S/C14H22N2O3/c1-16(5-3-2-4-6-17)12-10-14-13(9-11(12)15)18-7-8-19-14/h9-10,17H,2-8,15H2,1H3. The van der Waals surface area contributed by atoms with Gasteiger partial charge >= 0.3 is 0 Å². The second-order valence-electron chi connectivity index (χ2n) is 4.76. The van der Waals surface area contributed by atoms with E-state index in [-0.39, 0.29) is 6.61 Å². The molecule has 0 saturated carbocycles. The molecule has 1 heterocycles. The Morgan fingerprint density at radius 2 is 1.84 bits per heavy atom. The monoisotopic (exact) mass is 266 g/mol. The normalized spacial score (nSPS) is 13.4. The van der Waals surface area contributed by atoms with Crippen LogP contribution in [0.4, 0.5) is 11.4 Å². The van der Waals surface area contributed by atoms with E-state index in [2.05, 4.69) is 4.90 Å². The molecule has 0 atom stereocenters. The second kappa shape index (κ2) is 6.52. The summed E-state index contributed by atoms with van der Waals surface area (Å²) >= 11 is 0. The van der Waals surface area contributed by atoms with Crippen LogP contribution in [0.3, 0.4) is 0 Å². The van der Waals surface area contributed by atoms with Crippen LogP contribution in [0.25, 0.3) is 0 Å². The number of nitrogen functional groups attached to an aromatic ring is 1. The zero-order chi connectivity index (χ0) is 13.7. The third kappa shape index (κ3) is 3.44. The summed E-state index contributed by atoms with van der Waals surface area (Å²) in [6, 6.07) is 3.77. The fourth-order valence-corrected chi connectivity index (χ4v) is 2.18. The molecule has 0 aliphatic carbocycles. The van der Waals surface area contributed by atoms with Crippen molar-refractivity contribution in [2.75, 3.05) is 44.0 Å². The Bertz CT molecular complexity index is 423. The van der Waals surface area contributed by atoms with Crippen LogP contribution in [-0.4, -0.2) is 38.5 Å². The molecule has 0 spiro atoms. The van der Waals surface area contributed by atoms with Gasteiger partial charge in [-0.3, -0.25) is 0 Å². The van der Waals surface area contributed by atoms with Crippen LogP contribution >= 0.6 is 0 Å². The largest absolute Gasteiger partial charge is 0.486 e. The van der Waals surface area contributed by atoms with E-state index in [4.69, 9.17) is 20.3 Å². The molecule has 1 aliphatic rings. The quantitative estimate of drug-likeness (QED) is 0.605. The van der Waals surface area contributed by atoms with Crippen LogP contribution < -0.4 is 20.1 Å². The van der Waals surface area contributed by atoms with E-state index in [0.29, 0.717) is 18.9 Å². The van der Waals surface area contributed by atoms with Crippen LogP contribution in [-0.2, 0) is 0 Å². The molecule has 0 unspecified atom stereocenters. The molecule has 106 valence electrons. The minimum atomic E-state index is 0.260. The van der Waals surface area contributed by atoms with Gasteiger partial charge in [0.15, 0.2) is 11.5 Å². The van der Waals surface area contributed by atoms with Gasteiger partial charge < -0.3 is 25.2 Å². The topological polar surface area (TPSA) is 68.0 Å². The van der Waals surface area contributed by atoms with E-state index in [0.717, 1.165) is 43.0 Å². The summed E-state index contributed by atoms with van der Waals surface area (Å²) in [6.45, 7) is 2.32. The smallest absolute Gasteiger partial charge is 0.163 e. The summed E-state index contributed by atoms with van der Waals surface area (Å²) in [7, 11) is 2.01. The van der Waals surface area contributed by atoms with E-state index in [9.17, 15) is 0 Å². The number of fused-ring (bicyclic) bond motifs is 1. The van der Waals surface area contributed by atoms with Crippen molar-refractivity contribution in [2.45, 2.75) is 19.3 Å². The Kier molecular flexibility index (Phi) is 4.74. The number of nitrogens with zero attached hydrogens (tertiary/aromatic N) is 1. The van der Waals surface area contributed by atoms with E-state index >= 15 is 0 Å². The number of aliphatic hydroxyl groups excluding tert-OH is 1. The Hall–Kier alpha value is -1.62. The van der Waals surface area contributed by atoms with Crippen molar-refractivity contribution < 1.29 is 14.6 Å². The maximum Gasteiger partial charge on any atom is 0.163 e. The van der Waals surface area contributed by atoms with Crippen LogP contribution in [0.1, 0.15) is 19.3 Å². The van der Waals surface area contributed by atoms with Crippen molar-refractivity contribution in [1.82, 2.24) is 0 Å². The third-order valence-corrected chi connectivity index (χ3v) is 3.25. The molecule has 3 N–H and O–H groups in total. The summed E-state index contributed by atoms with van der Waals surface area (Å²) in [5.74, 6) is 1.49. The first-order valence-electron chi connectivity index (χ1n) is 6.73. The van der Waals surface area contributed by atoms with Gasteiger partial charge in [0.1, 0.15) is 13.2 Å². The minimum Gasteiger partial charge on any atom is -0.486 e. The van der Waals surface area contributed by atoms with Crippen LogP contribution in [0.5, 0.6) is 11.5 Å². The maximum atomic E-state index is 8.76. The number of hydrogen-bond acceptors (Lipinski definition) is 5. The molecule has 0 radical (unpaired) electrons. The molecule has 0 saturated heterocycles. The molecule has 19 heavy (non-hydrogen) atoms. The molecule has 2 rings (SSSR count). The number of nitrogens with two attached hydrogens (primary N) is 1. The van der Waals surface area contributed by atoms with Gasteiger partial charge in [-0.15, -0.1) is 0 Å². The molecule has 1 aliphatic heterocycles. The average molecular weight is 266 g/mol. The predicted molar refractivity (Wildman–Crippen MR) is 76.1 cm³/mol. The first-order valence-corrected chi connectivity index (χ1v) is 6.73. The number of ether oxygens (including phenoxy) is 2. The average Bonchev–Trinajstić information content (AvgIpc) is 2.42. The lowest BCUT2D eigenvalue weighted by molar-refractivity contribution is 0.172. The third-order valence-electron chi connectivity index (χ3n) is 3.25. The van der Waals surface area contributed by atoms with Crippen molar-refractivity contribution in [3.63, 3.8) is 0 Å². The van der Waals surface area contributed by atoms with Gasteiger partial charge in [0.05, 0.1) is 11.4 Å². The van der Waals surface area contributed by atoms with Crippen molar-refractivity contribution >= 4 is 11.4 Å². The molecule has 1 aromatic rings. The molecule has 5 nitrogen and oxygen atoms in total. The first-order chi connectivity index (χ1) is 9.22. The molecule has 0 aromatic heterocycles. The van der Waals surface area contributed by atoms with Gasteiger partial charge in [-0.05, 0) is 19.3 Å². The van der Waals surface area contributed by atoms with E-state index < -0.39 is 0 Å². The van der Waals surface area contributed by atoms with E-state index in [1.165, 1.54) is 0 Å². The number of aliphatic hydroxyl groups is 1. The zero-order valence-electron chi connectivity index (χ0n) is 11.4. The highest BCUT2D eigenvalue weighted by atomic mass is 16.6. The molecular weight excluding hydrogens is 244 g/mol. The molecule has 0 fully saturated rings. The van der Waals surface area contributed by atoms with Crippen molar-refractivity contribution in [2.24, 2.45) is 0 Å². The molecule has 0 amide bonds. The van der Waals surface area contributed by atoms with Gasteiger partial charge in [0.2, 0.25) is 0 Å². The summed E-state index contributed by atoms with van der Waals surface area (Å²) < 4.78 is 11.1. The number of unbranched alkanes of at least 4 members (excludes halogenated alkanes) is 2. The first kappa shape index (κ1) is 13.8. The Morgan fingerprint density at radius 3 is 2.53 bits per heavy atom. The summed E-state index contributed by atoms with van der Waals surface area (Å²) in [6.07, 6.45) is 2.90. The predicted octanol–water partition coefficient (Wildman–Crippen LogP) is 1.64. The van der Waals surface area contributed by atoms with E-state index in [1.54, 1.807) is 0 Å². The minimum absolute atomic E-state index is 0.260. The lowest BCUT2D eigenvalue weighted by Crippen LogP contribution is -2.21. The Balaban J connectivity index is 2.02. The van der Waals surface area contributed by atoms with Crippen LogP contribution in [0, 0.1) is 0 Å². The van der Waals surface area contributed by atoms with Gasteiger partial charge in [0, 0.05) is 32.3 Å². The Labute approximate surface area is 113 Å². The number of anilines is 2. The maximum absolute atomic E-state index is 8.76. The fraction of sp³-hybridized carbons (Fsp3) is 0.571. The number of hydrogen-bond donors (Lipinski definition) is 2. The van der Waals surface area contributed by atoms with Crippen molar-refractivity contribution in [1.29, 1.82) is 0 Å². The number of benzene rings is 1. The highest BCUT2D eigenvalue weighted by Gasteiger charge is 2.16. The SMILES string of the molecule is CN(CCCCCO)c1cc2c(cc1N)OCCO2. The van der Waals surface area contributed by atoms with Crippen molar-refractivity contribution in [3.8, 4) is 11.5 Å². The molecule has 1 aromatic carbocycles. The molecular formula is C14H22N2O3. The van der Waals surface area contributed by atoms with E-state index in [1.807, 2.05) is 19.2 Å². The lowest BCUT2D eigenvalue weighted by atomic mass is 10.2. The zero-order valence-corrected chi connectivity index (χ0v) is 11.4. The van der Waals surface area contributed by atoms with Crippen LogP contribution in [0.15, 0.2) is 12.1 Å². The molecule has 0 bridgehead atoms. The fourth-order valence-electron chi connectivity index (χ4n) is 2.18. The van der Waals surface area contributed by atoms with Gasteiger partial charge in [-0.1, -0.05) is 0 Å². The highest BCUT2D eigenvalue weighted by molar-refractivity contribution is 5.73. The molecule has 5 heteroatoms. The second-order valence-corrected chi connectivity index (χ2v) is 4.76. The number of rotatable bonds is 6. The van der Waals surface area contributed by atoms with Gasteiger partial charge in [-0.25, -0.2) is 0 Å². The summed E-state index contributed by atoms with van der Waals surface area (Å²) in [5.41, 5.74) is 7.73.